The van der Waals surface area contributed by atoms with Crippen molar-refractivity contribution in [2.75, 3.05) is 31.1 Å². The molecule has 114 valence electrons. The number of carbonyl (C=O) groups excluding carboxylic acids is 1. The molecule has 2 aliphatic heterocycles. The number of hydrogen-bond acceptors (Lipinski definition) is 4. The van der Waals surface area contributed by atoms with Crippen molar-refractivity contribution < 1.29 is 18.7 Å². The Balaban J connectivity index is 1.76. The Morgan fingerprint density at radius 2 is 2.38 bits per heavy atom. The number of hydrogen-bond donors (Lipinski definition) is 1. The van der Waals surface area contributed by atoms with Gasteiger partial charge in [0.15, 0.2) is 0 Å². The minimum absolute atomic E-state index is 0.0216. The van der Waals surface area contributed by atoms with E-state index in [0.29, 0.717) is 37.6 Å². The normalized spacial score (nSPS) is 25.1. The van der Waals surface area contributed by atoms with E-state index >= 15 is 0 Å². The van der Waals surface area contributed by atoms with E-state index in [1.165, 1.54) is 12.1 Å². The Bertz CT molecular complexity index is 532. The molecule has 0 aromatic heterocycles. The summed E-state index contributed by atoms with van der Waals surface area (Å²) in [5, 5.41) is 3.21. The molecule has 1 aromatic carbocycles. The van der Waals surface area contributed by atoms with Crippen molar-refractivity contribution in [1.82, 2.24) is 5.32 Å². The molecule has 2 atom stereocenters. The lowest BCUT2D eigenvalue weighted by Crippen LogP contribution is -2.46. The van der Waals surface area contributed by atoms with Gasteiger partial charge in [-0.05, 0) is 19.1 Å². The summed E-state index contributed by atoms with van der Waals surface area (Å²) in [6.07, 6.45) is 0.0539. The van der Waals surface area contributed by atoms with Gasteiger partial charge >= 0.3 is 0 Å². The number of nitrogens with zero attached hydrogens (tertiary/aromatic N) is 1. The van der Waals surface area contributed by atoms with Crippen LogP contribution in [0.3, 0.4) is 0 Å². The first-order valence-electron chi connectivity index (χ1n) is 7.22. The minimum Gasteiger partial charge on any atom is -0.487 e. The number of benzene rings is 1. The van der Waals surface area contributed by atoms with Crippen LogP contribution < -0.4 is 15.0 Å². The Kier molecular flexibility index (Phi) is 4.07. The summed E-state index contributed by atoms with van der Waals surface area (Å²) in [4.78, 5) is 14.2. The average Bonchev–Trinajstić information content (AvgIpc) is 2.47. The first kappa shape index (κ1) is 14.3. The molecule has 6 heteroatoms. The molecule has 2 aliphatic rings. The molecule has 2 heterocycles. The molecule has 2 unspecified atom stereocenters. The van der Waals surface area contributed by atoms with Gasteiger partial charge < -0.3 is 19.7 Å². The molecule has 1 amide bonds. The zero-order valence-electron chi connectivity index (χ0n) is 12.0. The predicted octanol–water partition coefficient (Wildman–Crippen LogP) is 1.32. The molecule has 3 rings (SSSR count). The van der Waals surface area contributed by atoms with Gasteiger partial charge in [0.2, 0.25) is 5.91 Å². The largest absolute Gasteiger partial charge is 0.487 e. The Labute approximate surface area is 123 Å². The summed E-state index contributed by atoms with van der Waals surface area (Å²) in [6, 6.07) is 4.26. The first-order valence-corrected chi connectivity index (χ1v) is 7.22. The summed E-state index contributed by atoms with van der Waals surface area (Å²) in [7, 11) is 0. The van der Waals surface area contributed by atoms with Crippen molar-refractivity contribution in [2.24, 2.45) is 0 Å². The lowest BCUT2D eigenvalue weighted by Gasteiger charge is -2.34. The van der Waals surface area contributed by atoms with Gasteiger partial charge in [0.25, 0.3) is 0 Å². The third-order valence-electron chi connectivity index (χ3n) is 3.69. The van der Waals surface area contributed by atoms with Crippen LogP contribution in [0.4, 0.5) is 10.1 Å². The van der Waals surface area contributed by atoms with Crippen LogP contribution in [0.2, 0.25) is 0 Å². The second-order valence-electron chi connectivity index (χ2n) is 5.45. The number of amides is 1. The van der Waals surface area contributed by atoms with Crippen LogP contribution in [0.5, 0.6) is 5.75 Å². The van der Waals surface area contributed by atoms with Gasteiger partial charge in [-0.25, -0.2) is 4.39 Å². The number of ether oxygens (including phenoxy) is 2. The van der Waals surface area contributed by atoms with Crippen LogP contribution in [-0.4, -0.2) is 44.4 Å². The molecule has 1 aromatic rings. The van der Waals surface area contributed by atoms with Gasteiger partial charge in [-0.15, -0.1) is 0 Å². The van der Waals surface area contributed by atoms with Gasteiger partial charge in [-0.1, -0.05) is 0 Å². The lowest BCUT2D eigenvalue weighted by molar-refractivity contribution is -0.122. The van der Waals surface area contributed by atoms with Crippen LogP contribution in [0.1, 0.15) is 13.3 Å². The topological polar surface area (TPSA) is 50.8 Å². The molecule has 1 saturated heterocycles. The van der Waals surface area contributed by atoms with E-state index in [-0.39, 0.29) is 23.9 Å². The van der Waals surface area contributed by atoms with Gasteiger partial charge in [0, 0.05) is 19.2 Å². The van der Waals surface area contributed by atoms with E-state index in [1.807, 2.05) is 6.92 Å². The molecule has 1 fully saturated rings. The van der Waals surface area contributed by atoms with Gasteiger partial charge in [0.1, 0.15) is 17.7 Å². The molecule has 1 N–H and O–H groups in total. The maximum atomic E-state index is 13.3. The van der Waals surface area contributed by atoms with Crippen molar-refractivity contribution in [2.45, 2.75) is 25.6 Å². The molecular formula is C15H19FN2O3. The van der Waals surface area contributed by atoms with Gasteiger partial charge in [-0.2, -0.15) is 0 Å². The number of morpholine rings is 1. The Hall–Kier alpha value is -1.66. The highest BCUT2D eigenvalue weighted by Crippen LogP contribution is 2.34. The summed E-state index contributed by atoms with van der Waals surface area (Å²) >= 11 is 0. The van der Waals surface area contributed by atoms with E-state index in [1.54, 1.807) is 11.0 Å². The third-order valence-corrected chi connectivity index (χ3v) is 3.69. The van der Waals surface area contributed by atoms with Crippen molar-refractivity contribution in [3.63, 3.8) is 0 Å². The van der Waals surface area contributed by atoms with Crippen molar-refractivity contribution in [1.29, 1.82) is 0 Å². The standard InChI is InChI=1S/C15H19FN2O3/c1-10-9-18(13-3-2-11(16)6-14(13)21-10)15(19)7-12-8-17-4-5-20-12/h2-3,6,10,12,17H,4-5,7-9H2,1H3. The highest BCUT2D eigenvalue weighted by Gasteiger charge is 2.29. The molecule has 21 heavy (non-hydrogen) atoms. The molecule has 0 aliphatic carbocycles. The summed E-state index contributed by atoms with van der Waals surface area (Å²) < 4.78 is 24.5. The molecule has 0 spiro atoms. The number of anilines is 1. The van der Waals surface area contributed by atoms with E-state index < -0.39 is 0 Å². The van der Waals surface area contributed by atoms with Crippen molar-refractivity contribution in [3.8, 4) is 5.75 Å². The summed E-state index contributed by atoms with van der Waals surface area (Å²) in [5.41, 5.74) is 0.628. The van der Waals surface area contributed by atoms with E-state index in [9.17, 15) is 9.18 Å². The van der Waals surface area contributed by atoms with Crippen LogP contribution in [0.25, 0.3) is 0 Å². The fourth-order valence-corrected chi connectivity index (χ4v) is 2.71. The fraction of sp³-hybridized carbons (Fsp3) is 0.533. The van der Waals surface area contributed by atoms with Crippen molar-refractivity contribution in [3.05, 3.63) is 24.0 Å². The number of nitrogens with one attached hydrogen (secondary N) is 1. The van der Waals surface area contributed by atoms with E-state index in [0.717, 1.165) is 6.54 Å². The maximum Gasteiger partial charge on any atom is 0.229 e. The maximum absolute atomic E-state index is 13.3. The zero-order valence-corrected chi connectivity index (χ0v) is 12.0. The number of carbonyl (C=O) groups is 1. The highest BCUT2D eigenvalue weighted by molar-refractivity contribution is 5.95. The fourth-order valence-electron chi connectivity index (χ4n) is 2.71. The summed E-state index contributed by atoms with van der Waals surface area (Å²) in [6.45, 7) is 4.47. The van der Waals surface area contributed by atoms with E-state index in [4.69, 9.17) is 9.47 Å². The summed E-state index contributed by atoms with van der Waals surface area (Å²) in [5.74, 6) is 0.0339. The first-order chi connectivity index (χ1) is 10.1. The SMILES string of the molecule is CC1CN(C(=O)CC2CNCCO2)c2ccc(F)cc2O1. The lowest BCUT2D eigenvalue weighted by atomic mass is 10.1. The number of fused-ring (bicyclic) bond motifs is 1. The van der Waals surface area contributed by atoms with Gasteiger partial charge in [0.05, 0.1) is 31.4 Å². The molecule has 0 saturated carbocycles. The average molecular weight is 294 g/mol. The van der Waals surface area contributed by atoms with E-state index in [2.05, 4.69) is 5.32 Å². The van der Waals surface area contributed by atoms with Crippen LogP contribution >= 0.6 is 0 Å². The Morgan fingerprint density at radius 1 is 1.52 bits per heavy atom. The molecule has 0 radical (unpaired) electrons. The number of rotatable bonds is 2. The van der Waals surface area contributed by atoms with Gasteiger partial charge in [-0.3, -0.25) is 4.79 Å². The second kappa shape index (κ2) is 5.99. The minimum atomic E-state index is -0.366. The molecule has 0 bridgehead atoms. The zero-order chi connectivity index (χ0) is 14.8. The van der Waals surface area contributed by atoms with Crippen LogP contribution in [0, 0.1) is 5.82 Å². The van der Waals surface area contributed by atoms with Crippen LogP contribution in [0.15, 0.2) is 18.2 Å². The molecular weight excluding hydrogens is 275 g/mol. The smallest absolute Gasteiger partial charge is 0.229 e. The van der Waals surface area contributed by atoms with Crippen molar-refractivity contribution >= 4 is 11.6 Å². The second-order valence-corrected chi connectivity index (χ2v) is 5.45. The quantitative estimate of drug-likeness (QED) is 0.894. The monoisotopic (exact) mass is 294 g/mol. The molecule has 5 nitrogen and oxygen atoms in total. The number of halogens is 1. The predicted molar refractivity (Wildman–Crippen MR) is 76.1 cm³/mol. The Morgan fingerprint density at radius 3 is 3.14 bits per heavy atom. The third kappa shape index (κ3) is 3.16. The highest BCUT2D eigenvalue weighted by atomic mass is 19.1. The van der Waals surface area contributed by atoms with Crippen LogP contribution in [-0.2, 0) is 9.53 Å².